The van der Waals surface area contributed by atoms with Crippen molar-refractivity contribution in [3.63, 3.8) is 0 Å². The Morgan fingerprint density at radius 1 is 1.43 bits per heavy atom. The molecule has 0 spiro atoms. The lowest BCUT2D eigenvalue weighted by molar-refractivity contribution is 0.0224. The van der Waals surface area contributed by atoms with E-state index in [0.717, 1.165) is 16.6 Å². The molecule has 1 aromatic rings. The molecule has 2 rings (SSSR count). The van der Waals surface area contributed by atoms with Crippen molar-refractivity contribution in [1.82, 2.24) is 4.90 Å². The van der Waals surface area contributed by atoms with Gasteiger partial charge in [-0.3, -0.25) is 0 Å². The highest BCUT2D eigenvalue weighted by Gasteiger charge is 2.29. The number of amides is 1. The zero-order chi connectivity index (χ0) is 15.6. The molecule has 1 amide bonds. The second-order valence-corrected chi connectivity index (χ2v) is 8.62. The summed E-state index contributed by atoms with van der Waals surface area (Å²) in [5.41, 5.74) is 0.694. The Hall–Kier alpha value is -0.300. The minimum atomic E-state index is -0.455. The van der Waals surface area contributed by atoms with E-state index in [4.69, 9.17) is 4.74 Å². The van der Waals surface area contributed by atoms with Gasteiger partial charge in [-0.25, -0.2) is 4.79 Å². The molecule has 0 aromatic heterocycles. The number of carbonyl (C=O) groups is 1. The second-order valence-electron chi connectivity index (χ2n) is 6.54. The first-order chi connectivity index (χ1) is 9.74. The van der Waals surface area contributed by atoms with Crippen LogP contribution in [0.2, 0.25) is 0 Å². The van der Waals surface area contributed by atoms with Crippen LogP contribution in [0.5, 0.6) is 0 Å². The molecule has 0 bridgehead atoms. The molecule has 0 aliphatic heterocycles. The summed E-state index contributed by atoms with van der Waals surface area (Å²) in [6.45, 7) is 7.11. The van der Waals surface area contributed by atoms with Crippen LogP contribution >= 0.6 is 38.5 Å². The molecule has 0 unspecified atom stereocenters. The summed E-state index contributed by atoms with van der Waals surface area (Å²) in [4.78, 5) is 14.3. The van der Waals surface area contributed by atoms with Crippen LogP contribution in [-0.4, -0.2) is 23.1 Å². The molecule has 0 atom stereocenters. The highest BCUT2D eigenvalue weighted by Crippen LogP contribution is 2.31. The van der Waals surface area contributed by atoms with Gasteiger partial charge < -0.3 is 9.64 Å². The molecule has 1 fully saturated rings. The maximum atomic E-state index is 12.4. The fraction of sp³-hybridized carbons (Fsp3) is 0.562. The van der Waals surface area contributed by atoms with Crippen LogP contribution in [0.1, 0.15) is 39.2 Å². The molecule has 1 saturated carbocycles. The average Bonchev–Trinajstić information content (AvgIpc) is 3.14. The van der Waals surface area contributed by atoms with Gasteiger partial charge in [0.2, 0.25) is 0 Å². The molecule has 0 heterocycles. The van der Waals surface area contributed by atoms with Gasteiger partial charge in [0, 0.05) is 14.6 Å². The van der Waals surface area contributed by atoms with Crippen LogP contribution in [0, 0.1) is 9.49 Å². The first kappa shape index (κ1) is 17.1. The molecule has 0 radical (unpaired) electrons. The first-order valence-corrected chi connectivity index (χ1v) is 9.03. The number of benzene rings is 1. The molecule has 0 saturated heterocycles. The lowest BCUT2D eigenvalue weighted by Gasteiger charge is -2.28. The quantitative estimate of drug-likeness (QED) is 0.572. The molecule has 1 aromatic carbocycles. The topological polar surface area (TPSA) is 29.5 Å². The van der Waals surface area contributed by atoms with Crippen molar-refractivity contribution in [3.05, 3.63) is 31.8 Å². The Morgan fingerprint density at radius 2 is 2.10 bits per heavy atom. The van der Waals surface area contributed by atoms with Crippen molar-refractivity contribution in [2.24, 2.45) is 5.92 Å². The molecular formula is C16H21BrINO2. The van der Waals surface area contributed by atoms with E-state index in [-0.39, 0.29) is 6.09 Å². The number of nitrogens with zero attached hydrogens (tertiary/aromatic N) is 1. The summed E-state index contributed by atoms with van der Waals surface area (Å²) in [7, 11) is 0. The van der Waals surface area contributed by atoms with Gasteiger partial charge in [-0.1, -0.05) is 15.9 Å². The monoisotopic (exact) mass is 465 g/mol. The summed E-state index contributed by atoms with van der Waals surface area (Å²) in [5, 5.41) is 0. The van der Waals surface area contributed by atoms with E-state index in [1.807, 2.05) is 31.7 Å². The minimum Gasteiger partial charge on any atom is -0.444 e. The zero-order valence-corrected chi connectivity index (χ0v) is 16.4. The Bertz CT molecular complexity index is 523. The summed E-state index contributed by atoms with van der Waals surface area (Å²) in [5.74, 6) is 0.641. The first-order valence-electron chi connectivity index (χ1n) is 7.16. The number of hydrogen-bond donors (Lipinski definition) is 0. The van der Waals surface area contributed by atoms with Gasteiger partial charge in [0.15, 0.2) is 0 Å². The van der Waals surface area contributed by atoms with Crippen LogP contribution in [0.15, 0.2) is 22.7 Å². The molecule has 1 aliphatic carbocycles. The standard InChI is InChI=1S/C16H21BrINO2/c1-16(2,3)21-15(20)19(9-11-4-5-11)10-12-8-13(17)6-7-14(12)18/h6-8,11H,4-5,9-10H2,1-3H3. The Morgan fingerprint density at radius 3 is 2.67 bits per heavy atom. The Kier molecular flexibility index (Phi) is 5.57. The lowest BCUT2D eigenvalue weighted by Crippen LogP contribution is -2.37. The molecule has 0 N–H and O–H groups in total. The summed E-state index contributed by atoms with van der Waals surface area (Å²) >= 11 is 5.81. The van der Waals surface area contributed by atoms with Gasteiger partial charge in [0.1, 0.15) is 5.60 Å². The number of carbonyl (C=O) groups excluding carboxylic acids is 1. The maximum absolute atomic E-state index is 12.4. The van der Waals surface area contributed by atoms with E-state index >= 15 is 0 Å². The van der Waals surface area contributed by atoms with E-state index in [1.165, 1.54) is 16.4 Å². The SMILES string of the molecule is CC(C)(C)OC(=O)N(Cc1cc(Br)ccc1I)CC1CC1. The molecule has 21 heavy (non-hydrogen) atoms. The number of rotatable bonds is 4. The molecule has 116 valence electrons. The van der Waals surface area contributed by atoms with Gasteiger partial charge in [-0.15, -0.1) is 0 Å². The van der Waals surface area contributed by atoms with Gasteiger partial charge in [0.25, 0.3) is 0 Å². The fourth-order valence-electron chi connectivity index (χ4n) is 2.01. The number of ether oxygens (including phenoxy) is 1. The normalized spacial score (nSPS) is 14.9. The smallest absolute Gasteiger partial charge is 0.410 e. The third-order valence-corrected chi connectivity index (χ3v) is 4.74. The minimum absolute atomic E-state index is 0.217. The van der Waals surface area contributed by atoms with Crippen molar-refractivity contribution >= 4 is 44.6 Å². The van der Waals surface area contributed by atoms with Crippen molar-refractivity contribution < 1.29 is 9.53 Å². The Balaban J connectivity index is 2.11. The van der Waals surface area contributed by atoms with Crippen LogP contribution < -0.4 is 0 Å². The third-order valence-electron chi connectivity index (χ3n) is 3.20. The predicted molar refractivity (Wildman–Crippen MR) is 96.2 cm³/mol. The van der Waals surface area contributed by atoms with Crippen molar-refractivity contribution in [2.45, 2.75) is 45.8 Å². The predicted octanol–water partition coefficient (Wildman–Crippen LogP) is 5.20. The molecular weight excluding hydrogens is 445 g/mol. The van der Waals surface area contributed by atoms with Crippen LogP contribution in [-0.2, 0) is 11.3 Å². The van der Waals surface area contributed by atoms with E-state index < -0.39 is 5.60 Å². The van der Waals surface area contributed by atoms with E-state index in [0.29, 0.717) is 12.5 Å². The van der Waals surface area contributed by atoms with E-state index in [1.54, 1.807) is 0 Å². The fourth-order valence-corrected chi connectivity index (χ4v) is 2.93. The van der Waals surface area contributed by atoms with Crippen LogP contribution in [0.25, 0.3) is 0 Å². The van der Waals surface area contributed by atoms with Gasteiger partial charge in [0.05, 0.1) is 6.54 Å². The second kappa shape index (κ2) is 6.86. The van der Waals surface area contributed by atoms with Gasteiger partial charge in [-0.05, 0) is 85.9 Å². The maximum Gasteiger partial charge on any atom is 0.410 e. The van der Waals surface area contributed by atoms with Crippen molar-refractivity contribution in [3.8, 4) is 0 Å². The number of hydrogen-bond acceptors (Lipinski definition) is 2. The van der Waals surface area contributed by atoms with Crippen molar-refractivity contribution in [2.75, 3.05) is 6.54 Å². The molecule has 5 heteroatoms. The zero-order valence-electron chi connectivity index (χ0n) is 12.7. The highest BCUT2D eigenvalue weighted by atomic mass is 127. The molecule has 3 nitrogen and oxygen atoms in total. The van der Waals surface area contributed by atoms with Crippen molar-refractivity contribution in [1.29, 1.82) is 0 Å². The summed E-state index contributed by atoms with van der Waals surface area (Å²) in [6.07, 6.45) is 2.22. The third kappa shape index (κ3) is 5.77. The van der Waals surface area contributed by atoms with E-state index in [2.05, 4.69) is 50.7 Å². The largest absolute Gasteiger partial charge is 0.444 e. The van der Waals surface area contributed by atoms with Gasteiger partial charge in [-0.2, -0.15) is 0 Å². The number of halogens is 2. The lowest BCUT2D eigenvalue weighted by atomic mass is 10.2. The Labute approximate surface area is 148 Å². The summed E-state index contributed by atoms with van der Waals surface area (Å²) < 4.78 is 7.75. The van der Waals surface area contributed by atoms with Gasteiger partial charge >= 0.3 is 6.09 Å². The van der Waals surface area contributed by atoms with Crippen LogP contribution in [0.3, 0.4) is 0 Å². The average molecular weight is 466 g/mol. The molecule has 1 aliphatic rings. The highest BCUT2D eigenvalue weighted by molar-refractivity contribution is 14.1. The van der Waals surface area contributed by atoms with Crippen LogP contribution in [0.4, 0.5) is 4.79 Å². The summed E-state index contributed by atoms with van der Waals surface area (Å²) in [6, 6.07) is 6.15. The van der Waals surface area contributed by atoms with E-state index in [9.17, 15) is 4.79 Å².